The maximum atomic E-state index is 11.2. The Balaban J connectivity index is 2.32. The van der Waals surface area contributed by atoms with Gasteiger partial charge in [-0.2, -0.15) is 0 Å². The second-order valence-electron chi connectivity index (χ2n) is 4.08. The van der Waals surface area contributed by atoms with E-state index in [0.29, 0.717) is 0 Å². The zero-order chi connectivity index (χ0) is 11.2. The van der Waals surface area contributed by atoms with Gasteiger partial charge in [0.25, 0.3) is 0 Å². The van der Waals surface area contributed by atoms with Gasteiger partial charge < -0.3 is 24.6 Å². The van der Waals surface area contributed by atoms with Crippen molar-refractivity contribution in [1.29, 1.82) is 0 Å². The third-order valence-corrected chi connectivity index (χ3v) is 3.10. The molecule has 0 radical (unpaired) electrons. The Kier molecular flexibility index (Phi) is 2.37. The zero-order valence-corrected chi connectivity index (χ0v) is 8.89. The number of rotatable bonds is 1. The molecule has 15 heavy (non-hydrogen) atoms. The highest BCUT2D eigenvalue weighted by atomic mass is 16.7. The summed E-state index contributed by atoms with van der Waals surface area (Å²) in [5.41, 5.74) is -0.886. The Morgan fingerprint density at radius 1 is 1.60 bits per heavy atom. The van der Waals surface area contributed by atoms with Crippen LogP contribution in [-0.2, 0) is 14.2 Å². The van der Waals surface area contributed by atoms with Crippen LogP contribution in [0.25, 0.3) is 0 Å². The van der Waals surface area contributed by atoms with Gasteiger partial charge in [-0.15, -0.1) is 0 Å². The number of alkyl carbamates (subject to hydrolysis) is 1. The topological polar surface area (TPSA) is 77.0 Å². The average molecular weight is 217 g/mol. The van der Waals surface area contributed by atoms with E-state index >= 15 is 0 Å². The molecule has 2 N–H and O–H groups in total. The predicted molar refractivity (Wildman–Crippen MR) is 49.2 cm³/mol. The molecule has 2 rings (SSSR count). The summed E-state index contributed by atoms with van der Waals surface area (Å²) in [5, 5.41) is 12.3. The van der Waals surface area contributed by atoms with E-state index < -0.39 is 24.1 Å². The number of amides is 1. The SMILES string of the molecule is CO[C@@H]1[C@@H](O)O[C@H](C)[C@@H]2NC(=O)O[C@]12C. The number of aliphatic hydroxyl groups excluding tert-OH is 1. The smallest absolute Gasteiger partial charge is 0.408 e. The number of hydrogen-bond donors (Lipinski definition) is 2. The molecule has 0 aliphatic carbocycles. The highest BCUT2D eigenvalue weighted by Gasteiger charge is 2.59. The minimum atomic E-state index is -1.08. The standard InChI is InChI=1S/C9H15NO5/c1-4-5-9(2,15-8(12)10-5)6(13-3)7(11)14-4/h4-7,11H,1-3H3,(H,10,12)/t4-,5+,6-,7+,9+/m1/s1. The van der Waals surface area contributed by atoms with Crippen molar-refractivity contribution in [1.82, 2.24) is 5.32 Å². The molecule has 2 aliphatic heterocycles. The van der Waals surface area contributed by atoms with Gasteiger partial charge >= 0.3 is 6.09 Å². The molecule has 0 spiro atoms. The van der Waals surface area contributed by atoms with E-state index in [2.05, 4.69) is 5.32 Å². The van der Waals surface area contributed by atoms with Gasteiger partial charge in [-0.3, -0.25) is 0 Å². The van der Waals surface area contributed by atoms with Crippen LogP contribution in [0.4, 0.5) is 4.79 Å². The normalized spacial score (nSPS) is 49.5. The van der Waals surface area contributed by atoms with Crippen LogP contribution < -0.4 is 5.32 Å². The molecule has 0 saturated carbocycles. The van der Waals surface area contributed by atoms with E-state index in [1.165, 1.54) is 7.11 Å². The van der Waals surface area contributed by atoms with Gasteiger partial charge in [-0.25, -0.2) is 4.79 Å². The highest BCUT2D eigenvalue weighted by molar-refractivity contribution is 5.71. The second-order valence-corrected chi connectivity index (χ2v) is 4.08. The Morgan fingerprint density at radius 3 is 2.87 bits per heavy atom. The Morgan fingerprint density at radius 2 is 2.27 bits per heavy atom. The number of carbonyl (C=O) groups excluding carboxylic acids is 1. The number of hydrogen-bond acceptors (Lipinski definition) is 5. The van der Waals surface area contributed by atoms with E-state index in [-0.39, 0.29) is 12.1 Å². The first kappa shape index (κ1) is 10.7. The van der Waals surface area contributed by atoms with Gasteiger partial charge in [0.2, 0.25) is 0 Å². The molecule has 0 aromatic rings. The molecule has 2 aliphatic rings. The van der Waals surface area contributed by atoms with E-state index in [1.807, 2.05) is 0 Å². The number of nitrogens with one attached hydrogen (secondary N) is 1. The molecule has 0 unspecified atom stereocenters. The quantitative estimate of drug-likeness (QED) is 0.625. The summed E-state index contributed by atoms with van der Waals surface area (Å²) in [4.78, 5) is 11.2. The average Bonchev–Trinajstić information content (AvgIpc) is 2.42. The van der Waals surface area contributed by atoms with E-state index in [1.54, 1.807) is 13.8 Å². The molecule has 6 nitrogen and oxygen atoms in total. The fraction of sp³-hybridized carbons (Fsp3) is 0.889. The summed E-state index contributed by atoms with van der Waals surface area (Å²) in [7, 11) is 1.45. The summed E-state index contributed by atoms with van der Waals surface area (Å²) in [6.45, 7) is 3.50. The predicted octanol–water partition coefficient (Wildman–Crippen LogP) is -0.394. The van der Waals surface area contributed by atoms with Crippen LogP contribution >= 0.6 is 0 Å². The molecule has 0 bridgehead atoms. The fourth-order valence-corrected chi connectivity index (χ4v) is 2.38. The van der Waals surface area contributed by atoms with Crippen molar-refractivity contribution in [2.45, 2.75) is 44.0 Å². The number of fused-ring (bicyclic) bond motifs is 1. The first-order valence-corrected chi connectivity index (χ1v) is 4.85. The molecule has 6 heteroatoms. The Bertz CT molecular complexity index is 284. The molecule has 0 aromatic heterocycles. The fourth-order valence-electron chi connectivity index (χ4n) is 2.38. The second kappa shape index (κ2) is 3.33. The van der Waals surface area contributed by atoms with Crippen LogP contribution in [0.2, 0.25) is 0 Å². The van der Waals surface area contributed by atoms with Gasteiger partial charge in [0.1, 0.15) is 12.1 Å². The monoisotopic (exact) mass is 217 g/mol. The number of methoxy groups -OCH3 is 1. The summed E-state index contributed by atoms with van der Waals surface area (Å²) in [6, 6.07) is -0.307. The van der Waals surface area contributed by atoms with Gasteiger partial charge in [0.15, 0.2) is 11.9 Å². The van der Waals surface area contributed by atoms with Crippen LogP contribution in [0.5, 0.6) is 0 Å². The number of aliphatic hydroxyl groups is 1. The van der Waals surface area contributed by atoms with Gasteiger partial charge in [0.05, 0.1) is 6.10 Å². The first-order chi connectivity index (χ1) is 6.99. The third-order valence-electron chi connectivity index (χ3n) is 3.10. The summed E-state index contributed by atoms with van der Waals surface area (Å²) in [6.07, 6.45) is -2.59. The molecule has 2 saturated heterocycles. The van der Waals surface area contributed by atoms with E-state index in [4.69, 9.17) is 14.2 Å². The Hall–Kier alpha value is -0.850. The van der Waals surface area contributed by atoms with E-state index in [0.717, 1.165) is 0 Å². The maximum absolute atomic E-state index is 11.2. The van der Waals surface area contributed by atoms with Crippen LogP contribution in [0, 0.1) is 0 Å². The molecular formula is C9H15NO5. The molecule has 5 atom stereocenters. The summed E-state index contributed by atoms with van der Waals surface area (Å²) < 4.78 is 15.6. The van der Waals surface area contributed by atoms with Gasteiger partial charge in [-0.1, -0.05) is 0 Å². The van der Waals surface area contributed by atoms with Crippen molar-refractivity contribution < 1.29 is 24.1 Å². The maximum Gasteiger partial charge on any atom is 0.408 e. The van der Waals surface area contributed by atoms with Crippen molar-refractivity contribution in [3.05, 3.63) is 0 Å². The lowest BCUT2D eigenvalue weighted by atomic mass is 9.84. The third kappa shape index (κ3) is 1.40. The summed E-state index contributed by atoms with van der Waals surface area (Å²) >= 11 is 0. The van der Waals surface area contributed by atoms with E-state index in [9.17, 15) is 9.90 Å². The highest BCUT2D eigenvalue weighted by Crippen LogP contribution is 2.36. The van der Waals surface area contributed by atoms with Crippen LogP contribution in [0.3, 0.4) is 0 Å². The lowest BCUT2D eigenvalue weighted by Gasteiger charge is -2.44. The lowest BCUT2D eigenvalue weighted by Crippen LogP contribution is -2.65. The van der Waals surface area contributed by atoms with Crippen molar-refractivity contribution >= 4 is 6.09 Å². The zero-order valence-electron chi connectivity index (χ0n) is 8.89. The van der Waals surface area contributed by atoms with Crippen LogP contribution in [-0.4, -0.2) is 48.5 Å². The molecule has 2 heterocycles. The molecule has 1 amide bonds. The molecule has 86 valence electrons. The van der Waals surface area contributed by atoms with Crippen LogP contribution in [0.1, 0.15) is 13.8 Å². The lowest BCUT2D eigenvalue weighted by molar-refractivity contribution is -0.275. The molecule has 0 aromatic carbocycles. The molecule has 2 fully saturated rings. The van der Waals surface area contributed by atoms with Gasteiger partial charge in [-0.05, 0) is 13.8 Å². The number of carbonyl (C=O) groups is 1. The van der Waals surface area contributed by atoms with Crippen molar-refractivity contribution in [3.8, 4) is 0 Å². The molecular weight excluding hydrogens is 202 g/mol. The van der Waals surface area contributed by atoms with Crippen molar-refractivity contribution in [3.63, 3.8) is 0 Å². The number of ether oxygens (including phenoxy) is 3. The Labute approximate surface area is 87.5 Å². The summed E-state index contributed by atoms with van der Waals surface area (Å²) in [5.74, 6) is 0. The van der Waals surface area contributed by atoms with Crippen molar-refractivity contribution in [2.75, 3.05) is 7.11 Å². The van der Waals surface area contributed by atoms with Gasteiger partial charge in [0, 0.05) is 7.11 Å². The first-order valence-electron chi connectivity index (χ1n) is 4.85. The minimum Gasteiger partial charge on any atom is -0.438 e. The van der Waals surface area contributed by atoms with Crippen molar-refractivity contribution in [2.24, 2.45) is 0 Å². The minimum absolute atomic E-state index is 0.307. The van der Waals surface area contributed by atoms with Crippen LogP contribution in [0.15, 0.2) is 0 Å². The largest absolute Gasteiger partial charge is 0.438 e.